The summed E-state index contributed by atoms with van der Waals surface area (Å²) in [6.45, 7) is 10.3. The van der Waals surface area contributed by atoms with Gasteiger partial charge in [-0.05, 0) is 90.1 Å². The number of rotatable bonds is 9. The van der Waals surface area contributed by atoms with Crippen molar-refractivity contribution in [2.45, 2.75) is 46.5 Å². The first-order chi connectivity index (χ1) is 24.4. The fraction of sp³-hybridized carbons (Fsp3) is 0.209. The molecule has 51 heavy (non-hydrogen) atoms. The molecular formula is C43H42N2O6. The molecule has 0 radical (unpaired) electrons. The monoisotopic (exact) mass is 682 g/mol. The summed E-state index contributed by atoms with van der Waals surface area (Å²) in [5, 5.41) is 52.3. The SMILES string of the molecule is Cc1cc2c(O)c(-c3ccc4c(C(=O)NCC(C)c5ccccc5)c(O)c(O)cc4c3O)c(C)cc2c(C(=O)NCC(C)c2ccccc2)c1C. The number of amides is 2. The zero-order chi connectivity index (χ0) is 36.6. The van der Waals surface area contributed by atoms with E-state index in [2.05, 4.69) is 17.6 Å². The fourth-order valence-electron chi connectivity index (χ4n) is 6.86. The van der Waals surface area contributed by atoms with Crippen LogP contribution in [0.2, 0.25) is 0 Å². The molecule has 6 N–H and O–H groups in total. The van der Waals surface area contributed by atoms with Crippen molar-refractivity contribution in [3.8, 4) is 34.1 Å². The van der Waals surface area contributed by atoms with Gasteiger partial charge in [-0.15, -0.1) is 0 Å². The summed E-state index contributed by atoms with van der Waals surface area (Å²) in [5.41, 5.74) is 5.25. The van der Waals surface area contributed by atoms with E-state index in [9.17, 15) is 30.0 Å². The van der Waals surface area contributed by atoms with Crippen LogP contribution in [0.15, 0.2) is 91.0 Å². The molecule has 2 atom stereocenters. The lowest BCUT2D eigenvalue weighted by Gasteiger charge is -2.20. The molecule has 0 aromatic heterocycles. The average Bonchev–Trinajstić information content (AvgIpc) is 3.13. The highest BCUT2D eigenvalue weighted by atomic mass is 16.3. The molecule has 6 rings (SSSR count). The predicted octanol–water partition coefficient (Wildman–Crippen LogP) is 8.47. The van der Waals surface area contributed by atoms with Gasteiger partial charge in [0.1, 0.15) is 11.5 Å². The molecule has 0 bridgehead atoms. The predicted molar refractivity (Wildman–Crippen MR) is 202 cm³/mol. The van der Waals surface area contributed by atoms with E-state index in [0.717, 1.165) is 22.3 Å². The number of benzene rings is 6. The summed E-state index contributed by atoms with van der Waals surface area (Å²) >= 11 is 0. The molecule has 0 aliphatic heterocycles. The minimum atomic E-state index is -0.608. The number of carbonyl (C=O) groups is 2. The average molecular weight is 683 g/mol. The standard InChI is InChI=1S/C43H42N2O6/c1-23-18-33-32(37(27(23)5)42(50)44-21-25(3)28-12-8-6-9-13-28)19-24(2)36(40(33)48)31-17-16-30-34(39(31)47)20-35(46)41(49)38(30)43(51)45-22-26(4)29-14-10-7-11-15-29/h6-20,25-26,46-49H,21-22H2,1-5H3,(H,44,50)(H,45,51). The normalized spacial score (nSPS) is 12.5. The Hall–Kier alpha value is -6.02. The molecule has 2 amide bonds. The highest BCUT2D eigenvalue weighted by molar-refractivity contribution is 6.15. The van der Waals surface area contributed by atoms with Gasteiger partial charge in [-0.1, -0.05) is 80.6 Å². The maximum atomic E-state index is 13.7. The summed E-state index contributed by atoms with van der Waals surface area (Å²) in [6.07, 6.45) is 0. The smallest absolute Gasteiger partial charge is 0.255 e. The second-order valence-corrected chi connectivity index (χ2v) is 13.4. The van der Waals surface area contributed by atoms with Crippen LogP contribution in [0.1, 0.15) is 74.2 Å². The Morgan fingerprint density at radius 1 is 0.569 bits per heavy atom. The third-order valence-electron chi connectivity index (χ3n) is 9.98. The van der Waals surface area contributed by atoms with Crippen LogP contribution in [0.25, 0.3) is 32.7 Å². The van der Waals surface area contributed by atoms with Crippen molar-refractivity contribution in [1.82, 2.24) is 10.6 Å². The van der Waals surface area contributed by atoms with E-state index >= 15 is 0 Å². The van der Waals surface area contributed by atoms with Crippen LogP contribution in [-0.4, -0.2) is 45.3 Å². The number of phenols is 4. The molecule has 0 saturated carbocycles. The van der Waals surface area contributed by atoms with Gasteiger partial charge in [-0.3, -0.25) is 9.59 Å². The third kappa shape index (κ3) is 6.53. The minimum Gasteiger partial charge on any atom is -0.507 e. The molecule has 6 aromatic rings. The highest BCUT2D eigenvalue weighted by Crippen LogP contribution is 2.48. The quantitative estimate of drug-likeness (QED) is 0.0846. The molecule has 0 fully saturated rings. The number of aromatic hydroxyl groups is 4. The van der Waals surface area contributed by atoms with Crippen LogP contribution in [-0.2, 0) is 0 Å². The van der Waals surface area contributed by atoms with Crippen LogP contribution < -0.4 is 10.6 Å². The van der Waals surface area contributed by atoms with Gasteiger partial charge < -0.3 is 31.1 Å². The second kappa shape index (κ2) is 14.1. The summed E-state index contributed by atoms with van der Waals surface area (Å²) in [7, 11) is 0. The largest absolute Gasteiger partial charge is 0.507 e. The number of phenolic OH excluding ortho intramolecular Hbond substituents is 4. The number of nitrogens with one attached hydrogen (secondary N) is 2. The Morgan fingerprint density at radius 3 is 1.65 bits per heavy atom. The van der Waals surface area contributed by atoms with Crippen LogP contribution in [0, 0.1) is 20.8 Å². The zero-order valence-electron chi connectivity index (χ0n) is 29.3. The van der Waals surface area contributed by atoms with Crippen molar-refractivity contribution in [3.63, 3.8) is 0 Å². The van der Waals surface area contributed by atoms with Gasteiger partial charge >= 0.3 is 0 Å². The maximum absolute atomic E-state index is 13.7. The molecular weight excluding hydrogens is 640 g/mol. The summed E-state index contributed by atoms with van der Waals surface area (Å²) in [5.74, 6) is -2.36. The van der Waals surface area contributed by atoms with Gasteiger partial charge in [0.05, 0.1) is 11.1 Å². The Labute approximate surface area is 297 Å². The van der Waals surface area contributed by atoms with Crippen LogP contribution in [0.4, 0.5) is 0 Å². The Bertz CT molecular complexity index is 2300. The highest BCUT2D eigenvalue weighted by Gasteiger charge is 2.26. The maximum Gasteiger partial charge on any atom is 0.255 e. The first kappa shape index (κ1) is 34.8. The lowest BCUT2D eigenvalue weighted by Crippen LogP contribution is -2.28. The lowest BCUT2D eigenvalue weighted by atomic mass is 9.87. The number of hydrogen-bond acceptors (Lipinski definition) is 6. The number of carbonyl (C=O) groups excluding carboxylic acids is 2. The van der Waals surface area contributed by atoms with Gasteiger partial charge in [-0.2, -0.15) is 0 Å². The molecule has 6 aromatic carbocycles. The van der Waals surface area contributed by atoms with Crippen molar-refractivity contribution >= 4 is 33.4 Å². The molecule has 0 aliphatic rings. The molecule has 260 valence electrons. The van der Waals surface area contributed by atoms with Crippen molar-refractivity contribution < 1.29 is 30.0 Å². The van der Waals surface area contributed by atoms with E-state index in [1.807, 2.05) is 93.6 Å². The van der Waals surface area contributed by atoms with Crippen molar-refractivity contribution in [2.24, 2.45) is 0 Å². The summed E-state index contributed by atoms with van der Waals surface area (Å²) in [6, 6.07) is 27.7. The molecule has 8 heteroatoms. The van der Waals surface area contributed by atoms with Gasteiger partial charge in [-0.25, -0.2) is 0 Å². The van der Waals surface area contributed by atoms with Crippen molar-refractivity contribution in [3.05, 3.63) is 130 Å². The van der Waals surface area contributed by atoms with Gasteiger partial charge in [0, 0.05) is 40.4 Å². The van der Waals surface area contributed by atoms with Crippen LogP contribution in [0.3, 0.4) is 0 Å². The lowest BCUT2D eigenvalue weighted by molar-refractivity contribution is 0.0943. The van der Waals surface area contributed by atoms with E-state index in [0.29, 0.717) is 34.0 Å². The number of fused-ring (bicyclic) bond motifs is 2. The molecule has 0 heterocycles. The Kier molecular flexibility index (Phi) is 9.61. The Balaban J connectivity index is 1.38. The summed E-state index contributed by atoms with van der Waals surface area (Å²) in [4.78, 5) is 27.2. The second-order valence-electron chi connectivity index (χ2n) is 13.4. The van der Waals surface area contributed by atoms with Gasteiger partial charge in [0.25, 0.3) is 11.8 Å². The van der Waals surface area contributed by atoms with Gasteiger partial charge in [0.15, 0.2) is 11.5 Å². The van der Waals surface area contributed by atoms with E-state index in [1.165, 1.54) is 6.07 Å². The van der Waals surface area contributed by atoms with E-state index in [4.69, 9.17) is 0 Å². The van der Waals surface area contributed by atoms with E-state index in [-0.39, 0.29) is 57.7 Å². The van der Waals surface area contributed by atoms with Crippen molar-refractivity contribution in [1.29, 1.82) is 0 Å². The molecule has 0 aliphatic carbocycles. The topological polar surface area (TPSA) is 139 Å². The van der Waals surface area contributed by atoms with E-state index in [1.54, 1.807) is 19.1 Å². The Morgan fingerprint density at radius 2 is 1.08 bits per heavy atom. The molecule has 2 unspecified atom stereocenters. The van der Waals surface area contributed by atoms with Gasteiger partial charge in [0.2, 0.25) is 0 Å². The molecule has 8 nitrogen and oxygen atoms in total. The van der Waals surface area contributed by atoms with E-state index < -0.39 is 17.4 Å². The molecule has 0 saturated heterocycles. The first-order valence-corrected chi connectivity index (χ1v) is 17.0. The first-order valence-electron chi connectivity index (χ1n) is 17.0. The minimum absolute atomic E-state index is 0.0170. The van der Waals surface area contributed by atoms with Crippen LogP contribution >= 0.6 is 0 Å². The summed E-state index contributed by atoms with van der Waals surface area (Å²) < 4.78 is 0. The number of aryl methyl sites for hydroxylation is 2. The fourth-order valence-corrected chi connectivity index (χ4v) is 6.86. The molecule has 0 spiro atoms. The zero-order valence-corrected chi connectivity index (χ0v) is 29.3. The van der Waals surface area contributed by atoms with Crippen molar-refractivity contribution in [2.75, 3.05) is 13.1 Å². The number of hydrogen-bond donors (Lipinski definition) is 6. The van der Waals surface area contributed by atoms with Crippen LogP contribution in [0.5, 0.6) is 23.0 Å². The third-order valence-corrected chi connectivity index (χ3v) is 9.98.